The Morgan fingerprint density at radius 3 is 2.47 bits per heavy atom. The average Bonchev–Trinajstić information content (AvgIpc) is 3.63. The summed E-state index contributed by atoms with van der Waals surface area (Å²) in [6, 6.07) is 16.7. The van der Waals surface area contributed by atoms with E-state index in [-0.39, 0.29) is 5.43 Å². The summed E-state index contributed by atoms with van der Waals surface area (Å²) in [5.74, 6) is 0.762. The van der Waals surface area contributed by atoms with Crippen molar-refractivity contribution in [3.05, 3.63) is 65.0 Å². The van der Waals surface area contributed by atoms with Gasteiger partial charge in [0.25, 0.3) is 0 Å². The molecule has 2 aromatic carbocycles. The number of rotatable bonds is 7. The minimum atomic E-state index is -0.00814. The Hall–Kier alpha value is -2.59. The predicted octanol–water partition coefficient (Wildman–Crippen LogP) is 5.64. The minimum absolute atomic E-state index is 0.00814. The molecule has 1 heterocycles. The van der Waals surface area contributed by atoms with Crippen LogP contribution in [0.4, 0.5) is 0 Å². The number of nitrogens with zero attached hydrogens (tertiary/aromatic N) is 1. The van der Waals surface area contributed by atoms with E-state index in [1.165, 1.54) is 44.9 Å². The van der Waals surface area contributed by atoms with E-state index in [0.717, 1.165) is 29.9 Å². The number of ether oxygens (including phenoxy) is 1. The van der Waals surface area contributed by atoms with Gasteiger partial charge in [-0.2, -0.15) is 0 Å². The molecule has 0 bridgehead atoms. The third-order valence-corrected chi connectivity index (χ3v) is 6.51. The van der Waals surface area contributed by atoms with Gasteiger partial charge in [0.1, 0.15) is 24.2 Å². The zero-order valence-corrected chi connectivity index (χ0v) is 17.4. The zero-order chi connectivity index (χ0) is 20.3. The zero-order valence-electron chi connectivity index (χ0n) is 17.4. The van der Waals surface area contributed by atoms with Gasteiger partial charge < -0.3 is 9.15 Å². The van der Waals surface area contributed by atoms with Gasteiger partial charge in [-0.1, -0.05) is 49.6 Å². The van der Waals surface area contributed by atoms with Gasteiger partial charge in [-0.15, -0.1) is 0 Å². The van der Waals surface area contributed by atoms with Gasteiger partial charge in [-0.05, 0) is 43.4 Å². The fraction of sp³-hybridized carbons (Fsp3) is 0.423. The van der Waals surface area contributed by atoms with Crippen molar-refractivity contribution >= 4 is 11.0 Å². The molecule has 156 valence electrons. The molecule has 2 aliphatic carbocycles. The van der Waals surface area contributed by atoms with Crippen molar-refractivity contribution in [1.29, 1.82) is 0 Å². The van der Waals surface area contributed by atoms with Crippen molar-refractivity contribution < 1.29 is 9.15 Å². The number of hydrogen-bond donors (Lipinski definition) is 0. The van der Waals surface area contributed by atoms with Crippen LogP contribution in [0.25, 0.3) is 22.1 Å². The van der Waals surface area contributed by atoms with Gasteiger partial charge >= 0.3 is 0 Å². The molecule has 4 nitrogen and oxygen atoms in total. The Balaban J connectivity index is 1.28. The van der Waals surface area contributed by atoms with Gasteiger partial charge in [0, 0.05) is 24.7 Å². The number of fused-ring (bicyclic) bond motifs is 1. The van der Waals surface area contributed by atoms with E-state index in [2.05, 4.69) is 4.90 Å². The first-order valence-corrected chi connectivity index (χ1v) is 11.3. The highest BCUT2D eigenvalue weighted by Crippen LogP contribution is 2.33. The van der Waals surface area contributed by atoms with Crippen LogP contribution in [0.1, 0.15) is 44.9 Å². The highest BCUT2D eigenvalue weighted by atomic mass is 16.5. The maximum atomic E-state index is 12.9. The molecule has 2 aliphatic rings. The Kier molecular flexibility index (Phi) is 5.58. The topological polar surface area (TPSA) is 42.7 Å². The molecule has 30 heavy (non-hydrogen) atoms. The summed E-state index contributed by atoms with van der Waals surface area (Å²) in [5, 5.41) is 0.588. The molecule has 0 aliphatic heterocycles. The first-order valence-electron chi connectivity index (χ1n) is 11.3. The minimum Gasteiger partial charge on any atom is -0.492 e. The lowest BCUT2D eigenvalue weighted by molar-refractivity contribution is 0.122. The van der Waals surface area contributed by atoms with E-state index in [0.29, 0.717) is 23.1 Å². The van der Waals surface area contributed by atoms with Gasteiger partial charge in [0.2, 0.25) is 0 Å². The molecule has 2 saturated carbocycles. The Labute approximate surface area is 177 Å². The molecule has 5 rings (SSSR count). The molecule has 0 radical (unpaired) electrons. The quantitative estimate of drug-likeness (QED) is 0.512. The summed E-state index contributed by atoms with van der Waals surface area (Å²) in [5.41, 5.74) is 2.02. The lowest BCUT2D eigenvalue weighted by Crippen LogP contribution is -2.41. The van der Waals surface area contributed by atoms with E-state index >= 15 is 0 Å². The second-order valence-electron chi connectivity index (χ2n) is 8.61. The molecular formula is C26H29NO3. The second kappa shape index (κ2) is 8.65. The Bertz CT molecular complexity index is 1050. The smallest absolute Gasteiger partial charge is 0.200 e. The first kappa shape index (κ1) is 19.4. The highest BCUT2D eigenvalue weighted by Gasteiger charge is 2.34. The van der Waals surface area contributed by atoms with Crippen LogP contribution in [-0.4, -0.2) is 30.1 Å². The monoisotopic (exact) mass is 403 g/mol. The lowest BCUT2D eigenvalue weighted by Gasteiger charge is -2.34. The van der Waals surface area contributed by atoms with Crippen molar-refractivity contribution in [3.63, 3.8) is 0 Å². The van der Waals surface area contributed by atoms with E-state index in [9.17, 15) is 4.79 Å². The molecule has 0 spiro atoms. The Morgan fingerprint density at radius 1 is 0.933 bits per heavy atom. The predicted molar refractivity (Wildman–Crippen MR) is 120 cm³/mol. The van der Waals surface area contributed by atoms with Crippen molar-refractivity contribution in [3.8, 4) is 16.9 Å². The third kappa shape index (κ3) is 4.15. The summed E-state index contributed by atoms with van der Waals surface area (Å²) < 4.78 is 11.9. The molecule has 4 heteroatoms. The molecule has 0 unspecified atom stereocenters. The normalized spacial score (nSPS) is 17.5. The van der Waals surface area contributed by atoms with Crippen LogP contribution in [0, 0.1) is 0 Å². The van der Waals surface area contributed by atoms with Crippen LogP contribution in [0.2, 0.25) is 0 Å². The van der Waals surface area contributed by atoms with Crippen molar-refractivity contribution in [2.45, 2.75) is 57.0 Å². The summed E-state index contributed by atoms with van der Waals surface area (Å²) >= 11 is 0. The van der Waals surface area contributed by atoms with E-state index in [1.807, 2.05) is 48.5 Å². The number of benzene rings is 2. The first-order chi connectivity index (χ1) is 14.8. The van der Waals surface area contributed by atoms with Gasteiger partial charge in [-0.25, -0.2) is 0 Å². The molecule has 1 aromatic heterocycles. The highest BCUT2D eigenvalue weighted by molar-refractivity contribution is 5.82. The number of hydrogen-bond acceptors (Lipinski definition) is 4. The van der Waals surface area contributed by atoms with Gasteiger partial charge in [0.05, 0.1) is 10.9 Å². The molecule has 0 N–H and O–H groups in total. The summed E-state index contributed by atoms with van der Waals surface area (Å²) in [6.45, 7) is 1.65. The van der Waals surface area contributed by atoms with E-state index in [1.54, 1.807) is 6.26 Å². The largest absolute Gasteiger partial charge is 0.492 e. The molecule has 0 atom stereocenters. The second-order valence-corrected chi connectivity index (χ2v) is 8.61. The van der Waals surface area contributed by atoms with Crippen LogP contribution in [0.15, 0.2) is 64.0 Å². The molecular weight excluding hydrogens is 374 g/mol. The van der Waals surface area contributed by atoms with Gasteiger partial charge in [0.15, 0.2) is 5.43 Å². The summed E-state index contributed by atoms with van der Waals surface area (Å²) in [6.07, 6.45) is 11.0. The fourth-order valence-corrected chi connectivity index (χ4v) is 4.77. The van der Waals surface area contributed by atoms with Gasteiger partial charge in [-0.3, -0.25) is 9.69 Å². The van der Waals surface area contributed by atoms with Crippen LogP contribution in [0.3, 0.4) is 0 Å². The molecule has 2 fully saturated rings. The van der Waals surface area contributed by atoms with E-state index < -0.39 is 0 Å². The Morgan fingerprint density at radius 2 is 1.70 bits per heavy atom. The SMILES string of the molecule is O=c1c(-c2ccccc2)coc2cc(OCCN(C3CCCCC3)C3CC3)ccc12. The van der Waals surface area contributed by atoms with Crippen molar-refractivity contribution in [1.82, 2.24) is 4.90 Å². The summed E-state index contributed by atoms with van der Waals surface area (Å²) in [7, 11) is 0. The van der Waals surface area contributed by atoms with Crippen molar-refractivity contribution in [2.75, 3.05) is 13.2 Å². The molecule has 0 saturated heterocycles. The fourth-order valence-electron chi connectivity index (χ4n) is 4.77. The van der Waals surface area contributed by atoms with Crippen LogP contribution in [0.5, 0.6) is 5.75 Å². The van der Waals surface area contributed by atoms with Crippen LogP contribution >= 0.6 is 0 Å². The van der Waals surface area contributed by atoms with Crippen LogP contribution in [-0.2, 0) is 0 Å². The molecule has 0 amide bonds. The summed E-state index contributed by atoms with van der Waals surface area (Å²) in [4.78, 5) is 15.6. The maximum absolute atomic E-state index is 12.9. The van der Waals surface area contributed by atoms with E-state index in [4.69, 9.17) is 9.15 Å². The lowest BCUT2D eigenvalue weighted by atomic mass is 9.94. The van der Waals surface area contributed by atoms with Crippen LogP contribution < -0.4 is 10.2 Å². The third-order valence-electron chi connectivity index (χ3n) is 6.51. The maximum Gasteiger partial charge on any atom is 0.200 e. The van der Waals surface area contributed by atoms with Crippen molar-refractivity contribution in [2.24, 2.45) is 0 Å². The average molecular weight is 404 g/mol. The molecule has 3 aromatic rings. The standard InChI is InChI=1S/C26H29NO3/c28-26-23-14-13-22(17-25(23)30-18-24(26)19-7-3-1-4-8-19)29-16-15-27(21-11-12-21)20-9-5-2-6-10-20/h1,3-4,7-8,13-14,17-18,20-21H,2,5-6,9-12,15-16H2.